The summed E-state index contributed by atoms with van der Waals surface area (Å²) in [4.78, 5) is 15.1. The molecule has 2 aliphatic carbocycles. The average Bonchev–Trinajstić information content (AvgIpc) is 3.31. The summed E-state index contributed by atoms with van der Waals surface area (Å²) in [6, 6.07) is 12.3. The maximum atomic E-state index is 12.1. The largest absolute Gasteiger partial charge is 0.491 e. The van der Waals surface area contributed by atoms with Gasteiger partial charge in [0.2, 0.25) is 5.56 Å². The Labute approximate surface area is 214 Å². The monoisotopic (exact) mass is 488 g/mol. The number of hydrogen-bond acceptors (Lipinski definition) is 4. The van der Waals surface area contributed by atoms with Gasteiger partial charge in [-0.3, -0.25) is 4.79 Å². The van der Waals surface area contributed by atoms with Gasteiger partial charge in [0.25, 0.3) is 0 Å². The number of benzene rings is 2. The lowest BCUT2D eigenvalue weighted by atomic mass is 9.90. The van der Waals surface area contributed by atoms with Crippen LogP contribution in [-0.2, 0) is 25.7 Å². The minimum atomic E-state index is -0.674. The smallest absolute Gasteiger partial charge is 0.248 e. The van der Waals surface area contributed by atoms with Gasteiger partial charge in [-0.05, 0) is 84.4 Å². The van der Waals surface area contributed by atoms with Crippen LogP contribution in [0.25, 0.3) is 10.9 Å². The number of ether oxygens (including phenoxy) is 1. The summed E-state index contributed by atoms with van der Waals surface area (Å²) in [6.07, 6.45) is 9.76. The molecular weight excluding hydrogens is 448 g/mol. The first-order valence-electron chi connectivity index (χ1n) is 13.9. The van der Waals surface area contributed by atoms with Crippen molar-refractivity contribution in [2.75, 3.05) is 13.2 Å². The highest BCUT2D eigenvalue weighted by molar-refractivity contribution is 5.87. The Morgan fingerprint density at radius 1 is 1.00 bits per heavy atom. The molecule has 5 heteroatoms. The van der Waals surface area contributed by atoms with Gasteiger partial charge in [-0.25, -0.2) is 0 Å². The molecule has 192 valence electrons. The van der Waals surface area contributed by atoms with Crippen LogP contribution in [0.4, 0.5) is 0 Å². The van der Waals surface area contributed by atoms with Gasteiger partial charge in [0, 0.05) is 24.0 Å². The highest BCUT2D eigenvalue weighted by atomic mass is 16.5. The van der Waals surface area contributed by atoms with Crippen molar-refractivity contribution in [2.24, 2.45) is 5.92 Å². The van der Waals surface area contributed by atoms with Crippen molar-refractivity contribution >= 4 is 10.9 Å². The molecule has 1 atom stereocenters. The number of pyridine rings is 1. The van der Waals surface area contributed by atoms with E-state index >= 15 is 0 Å². The molecule has 3 aromatic rings. The third-order valence-corrected chi connectivity index (χ3v) is 8.27. The molecule has 1 saturated carbocycles. The number of rotatable bonds is 9. The molecule has 5 nitrogen and oxygen atoms in total. The summed E-state index contributed by atoms with van der Waals surface area (Å²) >= 11 is 0. The fourth-order valence-electron chi connectivity index (χ4n) is 6.19. The second-order valence-corrected chi connectivity index (χ2v) is 10.7. The van der Waals surface area contributed by atoms with E-state index in [4.69, 9.17) is 4.74 Å². The molecule has 0 amide bonds. The molecule has 1 fully saturated rings. The van der Waals surface area contributed by atoms with Gasteiger partial charge in [-0.15, -0.1) is 0 Å². The van der Waals surface area contributed by atoms with Crippen LogP contribution >= 0.6 is 0 Å². The van der Waals surface area contributed by atoms with Crippen LogP contribution in [0.1, 0.15) is 79.9 Å². The highest BCUT2D eigenvalue weighted by Gasteiger charge is 2.24. The Morgan fingerprint density at radius 2 is 1.69 bits per heavy atom. The Kier molecular flexibility index (Phi) is 7.78. The van der Waals surface area contributed by atoms with E-state index < -0.39 is 6.10 Å². The third kappa shape index (κ3) is 5.37. The van der Waals surface area contributed by atoms with E-state index in [9.17, 15) is 9.90 Å². The summed E-state index contributed by atoms with van der Waals surface area (Å²) < 4.78 is 6.20. The molecular formula is C31H40N2O3. The minimum absolute atomic E-state index is 0.156. The van der Waals surface area contributed by atoms with Crippen molar-refractivity contribution in [3.8, 4) is 5.75 Å². The zero-order valence-electron chi connectivity index (χ0n) is 21.7. The maximum absolute atomic E-state index is 12.1. The summed E-state index contributed by atoms with van der Waals surface area (Å²) in [5.74, 6) is 1.28. The lowest BCUT2D eigenvalue weighted by Crippen LogP contribution is -2.33. The molecule has 0 radical (unpaired) electrons. The number of aromatic nitrogens is 1. The molecule has 0 spiro atoms. The molecule has 0 unspecified atom stereocenters. The second-order valence-electron chi connectivity index (χ2n) is 10.7. The van der Waals surface area contributed by atoms with Crippen molar-refractivity contribution in [3.63, 3.8) is 0 Å². The quantitative estimate of drug-likeness (QED) is 0.377. The Balaban J connectivity index is 1.28. The van der Waals surface area contributed by atoms with Crippen LogP contribution in [-0.4, -0.2) is 29.3 Å². The second kappa shape index (κ2) is 11.2. The van der Waals surface area contributed by atoms with Crippen LogP contribution in [0.2, 0.25) is 0 Å². The molecule has 2 aromatic carbocycles. The van der Waals surface area contributed by atoms with Crippen LogP contribution < -0.4 is 15.6 Å². The number of hydrogen-bond donors (Lipinski definition) is 3. The van der Waals surface area contributed by atoms with E-state index in [1.807, 2.05) is 18.2 Å². The Morgan fingerprint density at radius 3 is 2.36 bits per heavy atom. The van der Waals surface area contributed by atoms with E-state index in [1.54, 1.807) is 0 Å². The molecule has 2 aliphatic rings. The first-order chi connectivity index (χ1) is 17.6. The molecule has 3 N–H and O–H groups in total. The number of nitrogens with one attached hydrogen (secondary N) is 2. The van der Waals surface area contributed by atoms with Gasteiger partial charge >= 0.3 is 0 Å². The van der Waals surface area contributed by atoms with Crippen molar-refractivity contribution in [1.82, 2.24) is 10.3 Å². The van der Waals surface area contributed by atoms with Gasteiger partial charge < -0.3 is 20.1 Å². The average molecular weight is 489 g/mol. The molecule has 1 aromatic heterocycles. The van der Waals surface area contributed by atoms with Crippen molar-refractivity contribution in [3.05, 3.63) is 74.6 Å². The molecule has 1 heterocycles. The van der Waals surface area contributed by atoms with Crippen LogP contribution in [0, 0.1) is 5.92 Å². The lowest BCUT2D eigenvalue weighted by molar-refractivity contribution is 0.171. The van der Waals surface area contributed by atoms with E-state index in [0.717, 1.165) is 36.6 Å². The zero-order chi connectivity index (χ0) is 25.1. The molecule has 0 bridgehead atoms. The summed E-state index contributed by atoms with van der Waals surface area (Å²) in [5, 5.41) is 15.6. The summed E-state index contributed by atoms with van der Waals surface area (Å²) in [5.41, 5.74) is 7.15. The summed E-state index contributed by atoms with van der Waals surface area (Å²) in [7, 11) is 0. The van der Waals surface area contributed by atoms with Crippen LogP contribution in [0.15, 0.2) is 41.2 Å². The number of aliphatic hydroxyl groups is 1. The third-order valence-electron chi connectivity index (χ3n) is 8.27. The number of aliphatic hydroxyl groups excluding tert-OH is 1. The maximum Gasteiger partial charge on any atom is 0.248 e. The van der Waals surface area contributed by atoms with Gasteiger partial charge in [0.1, 0.15) is 5.75 Å². The molecule has 0 saturated heterocycles. The fraction of sp³-hybridized carbons (Fsp3) is 0.516. The van der Waals surface area contributed by atoms with Crippen molar-refractivity contribution in [1.29, 1.82) is 0 Å². The van der Waals surface area contributed by atoms with Crippen LogP contribution in [0.5, 0.6) is 5.75 Å². The van der Waals surface area contributed by atoms with Crippen molar-refractivity contribution in [2.45, 2.75) is 83.8 Å². The predicted molar refractivity (Wildman–Crippen MR) is 146 cm³/mol. The van der Waals surface area contributed by atoms with E-state index in [-0.39, 0.29) is 5.56 Å². The zero-order valence-corrected chi connectivity index (χ0v) is 21.7. The first kappa shape index (κ1) is 25.0. The normalized spacial score (nSPS) is 17.4. The Bertz CT molecular complexity index is 1230. The van der Waals surface area contributed by atoms with Gasteiger partial charge in [0.05, 0.1) is 18.2 Å². The molecule has 36 heavy (non-hydrogen) atoms. The number of aryl methyl sites for hydroxylation is 2. The predicted octanol–water partition coefficient (Wildman–Crippen LogP) is 5.40. The van der Waals surface area contributed by atoms with Gasteiger partial charge in [0.15, 0.2) is 0 Å². The van der Waals surface area contributed by atoms with Gasteiger partial charge in [-0.1, -0.05) is 51.3 Å². The van der Waals surface area contributed by atoms with Gasteiger partial charge in [-0.2, -0.15) is 0 Å². The summed E-state index contributed by atoms with van der Waals surface area (Å²) in [6.45, 7) is 5.60. The molecule has 0 aliphatic heterocycles. The standard InChI is InChI=1S/C31H40N2O3/c1-3-21-14-23-16-25(17-24(23)15-22(21)4-2)32-18-28(34)26-10-12-29(31-27(26)11-13-30(35)33-31)36-19-20-8-6-5-7-9-20/h10-15,20,25,28,32,34H,3-9,16-19H2,1-2H3,(H,33,35)/t28-/m1/s1. The van der Waals surface area contributed by atoms with Crippen molar-refractivity contribution < 1.29 is 9.84 Å². The number of fused-ring (bicyclic) bond motifs is 2. The van der Waals surface area contributed by atoms with Crippen LogP contribution in [0.3, 0.4) is 0 Å². The SMILES string of the molecule is CCc1cc2c(cc1CC)CC(NC[C@@H](O)c1ccc(OCC3CCCCC3)c3[nH]c(=O)ccc13)C2. The first-order valence-corrected chi connectivity index (χ1v) is 13.9. The highest BCUT2D eigenvalue weighted by Crippen LogP contribution is 2.32. The lowest BCUT2D eigenvalue weighted by Gasteiger charge is -2.23. The topological polar surface area (TPSA) is 74.3 Å². The van der Waals surface area contributed by atoms with E-state index in [1.165, 1.54) is 60.4 Å². The fourth-order valence-corrected chi connectivity index (χ4v) is 6.19. The number of H-pyrrole nitrogens is 1. The molecule has 5 rings (SSSR count). The van der Waals surface area contributed by atoms with E-state index in [0.29, 0.717) is 36.4 Å². The minimum Gasteiger partial charge on any atom is -0.491 e. The Hall–Kier alpha value is -2.63. The number of aromatic amines is 1. The van der Waals surface area contributed by atoms with E-state index in [2.05, 4.69) is 36.3 Å².